The maximum atomic E-state index is 11.1. The highest BCUT2D eigenvalue weighted by Gasteiger charge is 2.27. The number of hydrogen-bond acceptors (Lipinski definition) is 6. The molecule has 1 atom stereocenters. The zero-order chi connectivity index (χ0) is 17.3. The minimum absolute atomic E-state index is 0.0193. The van der Waals surface area contributed by atoms with Crippen LogP contribution in [-0.2, 0) is 6.42 Å². The quantitative estimate of drug-likeness (QED) is 0.527. The summed E-state index contributed by atoms with van der Waals surface area (Å²) < 4.78 is 6.87. The second-order valence-corrected chi connectivity index (χ2v) is 5.61. The zero-order valence-electron chi connectivity index (χ0n) is 13.6. The van der Waals surface area contributed by atoms with E-state index in [1.165, 1.54) is 0 Å². The van der Waals surface area contributed by atoms with Crippen LogP contribution in [0.1, 0.15) is 41.6 Å². The number of nitro groups is 1. The van der Waals surface area contributed by atoms with Crippen molar-refractivity contribution in [1.82, 2.24) is 19.9 Å². The Morgan fingerprint density at radius 3 is 2.62 bits per heavy atom. The minimum atomic E-state index is -0.421. The Kier molecular flexibility index (Phi) is 4.11. The molecule has 0 aliphatic carbocycles. The molecule has 0 aliphatic heterocycles. The van der Waals surface area contributed by atoms with E-state index >= 15 is 0 Å². The fourth-order valence-electron chi connectivity index (χ4n) is 2.69. The Labute approximate surface area is 138 Å². The predicted molar refractivity (Wildman–Crippen MR) is 85.7 cm³/mol. The smallest absolute Gasteiger partial charge is 0.312 e. The molecule has 0 fully saturated rings. The first-order chi connectivity index (χ1) is 11.5. The SMILES string of the molecule is Cc1nn(C(C)c2nc(Cc3ccccc3)no2)c(C)c1[N+](=O)[O-]. The van der Waals surface area contributed by atoms with Crippen LogP contribution in [0.15, 0.2) is 34.9 Å². The summed E-state index contributed by atoms with van der Waals surface area (Å²) in [5.74, 6) is 0.945. The molecule has 8 heteroatoms. The molecule has 1 aromatic carbocycles. The lowest BCUT2D eigenvalue weighted by atomic mass is 10.1. The Morgan fingerprint density at radius 1 is 1.29 bits per heavy atom. The third kappa shape index (κ3) is 2.90. The molecule has 2 aromatic heterocycles. The van der Waals surface area contributed by atoms with Gasteiger partial charge in [-0.15, -0.1) is 0 Å². The van der Waals surface area contributed by atoms with Crippen molar-refractivity contribution < 1.29 is 9.45 Å². The van der Waals surface area contributed by atoms with Gasteiger partial charge in [0, 0.05) is 6.42 Å². The maximum absolute atomic E-state index is 11.1. The lowest BCUT2D eigenvalue weighted by Gasteiger charge is -2.08. The van der Waals surface area contributed by atoms with E-state index in [2.05, 4.69) is 15.2 Å². The molecule has 3 aromatic rings. The van der Waals surface area contributed by atoms with Crippen LogP contribution < -0.4 is 0 Å². The number of nitrogens with zero attached hydrogens (tertiary/aromatic N) is 5. The molecule has 0 saturated carbocycles. The predicted octanol–water partition coefficient (Wildman–Crippen LogP) is 2.99. The molecule has 0 radical (unpaired) electrons. The van der Waals surface area contributed by atoms with E-state index in [0.29, 0.717) is 29.5 Å². The van der Waals surface area contributed by atoms with Gasteiger partial charge in [0.1, 0.15) is 17.4 Å². The van der Waals surface area contributed by atoms with Gasteiger partial charge in [0.15, 0.2) is 5.82 Å². The summed E-state index contributed by atoms with van der Waals surface area (Å²) in [5.41, 5.74) is 1.94. The number of aromatic nitrogens is 4. The second-order valence-electron chi connectivity index (χ2n) is 5.61. The van der Waals surface area contributed by atoms with Gasteiger partial charge in [-0.3, -0.25) is 14.8 Å². The van der Waals surface area contributed by atoms with Crippen molar-refractivity contribution in [3.05, 3.63) is 69.1 Å². The van der Waals surface area contributed by atoms with E-state index in [4.69, 9.17) is 4.52 Å². The van der Waals surface area contributed by atoms with Crippen molar-refractivity contribution in [2.45, 2.75) is 33.2 Å². The summed E-state index contributed by atoms with van der Waals surface area (Å²) in [6, 6.07) is 9.45. The highest BCUT2D eigenvalue weighted by molar-refractivity contribution is 5.40. The number of hydrogen-bond donors (Lipinski definition) is 0. The molecule has 0 saturated heterocycles. The molecular weight excluding hydrogens is 310 g/mol. The normalized spacial score (nSPS) is 12.3. The van der Waals surface area contributed by atoms with Crippen molar-refractivity contribution in [3.63, 3.8) is 0 Å². The second kappa shape index (κ2) is 6.23. The summed E-state index contributed by atoms with van der Waals surface area (Å²) in [7, 11) is 0. The third-order valence-electron chi connectivity index (χ3n) is 3.88. The molecule has 0 bridgehead atoms. The standard InChI is InChI=1S/C16H17N5O3/c1-10-15(21(22)23)11(2)20(18-10)12(3)16-17-14(19-24-16)9-13-7-5-4-6-8-13/h4-8,12H,9H2,1-3H3. The largest absolute Gasteiger partial charge is 0.337 e. The van der Waals surface area contributed by atoms with E-state index < -0.39 is 4.92 Å². The van der Waals surface area contributed by atoms with Gasteiger partial charge in [-0.25, -0.2) is 0 Å². The first-order valence-electron chi connectivity index (χ1n) is 7.54. The molecule has 1 unspecified atom stereocenters. The van der Waals surface area contributed by atoms with Crippen LogP contribution >= 0.6 is 0 Å². The Balaban J connectivity index is 1.85. The molecule has 0 aliphatic rings. The van der Waals surface area contributed by atoms with Crippen molar-refractivity contribution >= 4 is 5.69 Å². The fraction of sp³-hybridized carbons (Fsp3) is 0.312. The Morgan fingerprint density at radius 2 is 2.00 bits per heavy atom. The van der Waals surface area contributed by atoms with Crippen molar-refractivity contribution in [3.8, 4) is 0 Å². The minimum Gasteiger partial charge on any atom is -0.337 e. The zero-order valence-corrected chi connectivity index (χ0v) is 13.6. The summed E-state index contributed by atoms with van der Waals surface area (Å²) >= 11 is 0. The Hall–Kier alpha value is -3.03. The van der Waals surface area contributed by atoms with Gasteiger partial charge >= 0.3 is 5.69 Å². The topological polar surface area (TPSA) is 99.9 Å². The number of rotatable bonds is 5. The van der Waals surface area contributed by atoms with Crippen molar-refractivity contribution in [1.29, 1.82) is 0 Å². The molecule has 8 nitrogen and oxygen atoms in total. The van der Waals surface area contributed by atoms with E-state index in [-0.39, 0.29) is 11.7 Å². The van der Waals surface area contributed by atoms with Crippen LogP contribution in [-0.4, -0.2) is 24.8 Å². The highest BCUT2D eigenvalue weighted by atomic mass is 16.6. The lowest BCUT2D eigenvalue weighted by Crippen LogP contribution is -2.11. The van der Waals surface area contributed by atoms with Crippen molar-refractivity contribution in [2.24, 2.45) is 0 Å². The van der Waals surface area contributed by atoms with Gasteiger partial charge in [-0.1, -0.05) is 35.5 Å². The molecule has 0 spiro atoms. The molecule has 2 heterocycles. The van der Waals surface area contributed by atoms with Crippen LogP contribution in [0.3, 0.4) is 0 Å². The summed E-state index contributed by atoms with van der Waals surface area (Å²) in [4.78, 5) is 15.1. The van der Waals surface area contributed by atoms with Gasteiger partial charge in [0.05, 0.1) is 4.92 Å². The van der Waals surface area contributed by atoms with Gasteiger partial charge in [-0.05, 0) is 26.3 Å². The average molecular weight is 327 g/mol. The molecule has 3 rings (SSSR count). The molecule has 0 amide bonds. The fourth-order valence-corrected chi connectivity index (χ4v) is 2.69. The van der Waals surface area contributed by atoms with Gasteiger partial charge in [0.25, 0.3) is 5.89 Å². The maximum Gasteiger partial charge on any atom is 0.312 e. The van der Waals surface area contributed by atoms with E-state index in [0.717, 1.165) is 5.56 Å². The highest BCUT2D eigenvalue weighted by Crippen LogP contribution is 2.27. The Bertz CT molecular complexity index is 869. The van der Waals surface area contributed by atoms with Crippen LogP contribution in [0.2, 0.25) is 0 Å². The van der Waals surface area contributed by atoms with E-state index in [1.54, 1.807) is 18.5 Å². The van der Waals surface area contributed by atoms with Crippen LogP contribution in [0.25, 0.3) is 0 Å². The summed E-state index contributed by atoms with van der Waals surface area (Å²) in [6.45, 7) is 5.10. The molecular formula is C16H17N5O3. The number of aryl methyl sites for hydroxylation is 1. The first kappa shape index (κ1) is 15.9. The third-order valence-corrected chi connectivity index (χ3v) is 3.88. The molecule has 0 N–H and O–H groups in total. The van der Waals surface area contributed by atoms with Crippen LogP contribution in [0.5, 0.6) is 0 Å². The van der Waals surface area contributed by atoms with Crippen molar-refractivity contribution in [2.75, 3.05) is 0 Å². The van der Waals surface area contributed by atoms with Gasteiger partial charge in [-0.2, -0.15) is 10.1 Å². The van der Waals surface area contributed by atoms with E-state index in [9.17, 15) is 10.1 Å². The van der Waals surface area contributed by atoms with Crippen LogP contribution in [0.4, 0.5) is 5.69 Å². The monoisotopic (exact) mass is 327 g/mol. The average Bonchev–Trinajstić information content (AvgIpc) is 3.12. The first-order valence-corrected chi connectivity index (χ1v) is 7.54. The molecule has 124 valence electrons. The van der Waals surface area contributed by atoms with Crippen LogP contribution in [0, 0.1) is 24.0 Å². The van der Waals surface area contributed by atoms with E-state index in [1.807, 2.05) is 37.3 Å². The number of benzene rings is 1. The summed E-state index contributed by atoms with van der Waals surface area (Å²) in [5, 5.41) is 19.4. The summed E-state index contributed by atoms with van der Waals surface area (Å²) in [6.07, 6.45) is 0.564. The molecule has 24 heavy (non-hydrogen) atoms. The van der Waals surface area contributed by atoms with Gasteiger partial charge in [0.2, 0.25) is 0 Å². The van der Waals surface area contributed by atoms with Gasteiger partial charge < -0.3 is 4.52 Å². The lowest BCUT2D eigenvalue weighted by molar-refractivity contribution is -0.386.